The van der Waals surface area contributed by atoms with Crippen LogP contribution < -0.4 is 10.5 Å². The van der Waals surface area contributed by atoms with E-state index in [9.17, 15) is 0 Å². The van der Waals surface area contributed by atoms with Crippen molar-refractivity contribution in [3.05, 3.63) is 59.4 Å². The molecule has 5 heteroatoms. The highest BCUT2D eigenvalue weighted by atomic mass is 16.5. The Morgan fingerprint density at radius 1 is 1.29 bits per heavy atom. The Hall–Kier alpha value is -2.40. The van der Waals surface area contributed by atoms with E-state index < -0.39 is 0 Å². The van der Waals surface area contributed by atoms with Crippen molar-refractivity contribution in [2.75, 3.05) is 14.2 Å². The van der Waals surface area contributed by atoms with Crippen molar-refractivity contribution in [1.29, 1.82) is 5.41 Å². The summed E-state index contributed by atoms with van der Waals surface area (Å²) in [7, 11) is 3.63. The lowest BCUT2D eigenvalue weighted by atomic mass is 10.1. The molecule has 0 fully saturated rings. The molecule has 3 N–H and O–H groups in total. The number of amidine groups is 1. The lowest BCUT2D eigenvalue weighted by molar-refractivity contribution is 0.318. The lowest BCUT2D eigenvalue weighted by Crippen LogP contribution is -2.18. The number of nitrogens with zero attached hydrogens (tertiary/aromatic N) is 2. The van der Waals surface area contributed by atoms with Crippen molar-refractivity contribution in [2.24, 2.45) is 5.73 Å². The number of nitrogens with one attached hydrogen (secondary N) is 1. The van der Waals surface area contributed by atoms with Gasteiger partial charge in [0.1, 0.15) is 11.6 Å². The van der Waals surface area contributed by atoms with Crippen LogP contribution in [0.5, 0.6) is 5.75 Å². The smallest absolute Gasteiger partial charge is 0.129 e. The minimum Gasteiger partial charge on any atom is -0.496 e. The first-order valence-electron chi connectivity index (χ1n) is 6.69. The molecule has 0 bridgehead atoms. The van der Waals surface area contributed by atoms with Gasteiger partial charge in [0.15, 0.2) is 0 Å². The van der Waals surface area contributed by atoms with Crippen molar-refractivity contribution >= 4 is 5.84 Å². The summed E-state index contributed by atoms with van der Waals surface area (Å²) >= 11 is 0. The molecule has 2 rings (SSSR count). The maximum absolute atomic E-state index is 7.61. The van der Waals surface area contributed by atoms with E-state index in [2.05, 4.69) is 16.0 Å². The average Bonchev–Trinajstić information content (AvgIpc) is 2.48. The number of hydrogen-bond acceptors (Lipinski definition) is 4. The monoisotopic (exact) mass is 284 g/mol. The minimum absolute atomic E-state index is 0.0172. The molecule has 1 aromatic carbocycles. The Labute approximate surface area is 124 Å². The highest BCUT2D eigenvalue weighted by Gasteiger charge is 2.09. The quantitative estimate of drug-likeness (QED) is 0.628. The molecule has 1 heterocycles. The van der Waals surface area contributed by atoms with Gasteiger partial charge >= 0.3 is 0 Å². The predicted molar refractivity (Wildman–Crippen MR) is 83.4 cm³/mol. The summed E-state index contributed by atoms with van der Waals surface area (Å²) in [5.41, 5.74) is 8.48. The topological polar surface area (TPSA) is 75.2 Å². The minimum atomic E-state index is 0.0172. The van der Waals surface area contributed by atoms with Gasteiger partial charge in [-0.3, -0.25) is 15.3 Å². The summed E-state index contributed by atoms with van der Waals surface area (Å²) in [5, 5.41) is 7.61. The molecule has 0 amide bonds. The van der Waals surface area contributed by atoms with Crippen LogP contribution in [0.15, 0.2) is 42.7 Å². The van der Waals surface area contributed by atoms with Gasteiger partial charge in [0, 0.05) is 25.5 Å². The second-order valence-corrected chi connectivity index (χ2v) is 4.98. The van der Waals surface area contributed by atoms with E-state index in [1.54, 1.807) is 13.3 Å². The fraction of sp³-hybridized carbons (Fsp3) is 0.250. The number of methoxy groups -OCH3 is 1. The van der Waals surface area contributed by atoms with Crippen LogP contribution in [0.25, 0.3) is 0 Å². The van der Waals surface area contributed by atoms with E-state index in [0.29, 0.717) is 11.3 Å². The van der Waals surface area contributed by atoms with Crippen molar-refractivity contribution in [2.45, 2.75) is 13.1 Å². The number of pyridine rings is 1. The first-order chi connectivity index (χ1) is 10.1. The van der Waals surface area contributed by atoms with E-state index in [-0.39, 0.29) is 5.84 Å². The van der Waals surface area contributed by atoms with E-state index in [1.165, 1.54) is 5.56 Å². The Bertz CT molecular complexity index is 613. The molecule has 0 aliphatic carbocycles. The molecule has 21 heavy (non-hydrogen) atoms. The van der Waals surface area contributed by atoms with E-state index in [1.807, 2.05) is 37.5 Å². The molecule has 0 spiro atoms. The normalized spacial score (nSPS) is 10.6. The van der Waals surface area contributed by atoms with Gasteiger partial charge < -0.3 is 10.5 Å². The molecule has 110 valence electrons. The number of nitrogens with two attached hydrogens (primary N) is 1. The summed E-state index contributed by atoms with van der Waals surface area (Å²) in [6.45, 7) is 1.58. The summed E-state index contributed by atoms with van der Waals surface area (Å²) in [5.74, 6) is 0.643. The summed E-state index contributed by atoms with van der Waals surface area (Å²) in [6.07, 6.45) is 3.64. The predicted octanol–water partition coefficient (Wildman–Crippen LogP) is 2.01. The summed E-state index contributed by atoms with van der Waals surface area (Å²) in [6, 6.07) is 9.73. The fourth-order valence-electron chi connectivity index (χ4n) is 2.23. The van der Waals surface area contributed by atoms with Crippen LogP contribution in [0.2, 0.25) is 0 Å². The number of hydrogen-bond donors (Lipinski definition) is 2. The van der Waals surface area contributed by atoms with Crippen LogP contribution in [0.3, 0.4) is 0 Å². The largest absolute Gasteiger partial charge is 0.496 e. The highest BCUT2D eigenvalue weighted by molar-refractivity contribution is 5.97. The van der Waals surface area contributed by atoms with Gasteiger partial charge in [-0.1, -0.05) is 12.1 Å². The SMILES string of the molecule is COc1ccc(CN(C)Cc2cccnc2)cc1C(=N)N. The zero-order valence-corrected chi connectivity index (χ0v) is 12.3. The van der Waals surface area contributed by atoms with Gasteiger partial charge in [0.25, 0.3) is 0 Å². The Morgan fingerprint density at radius 3 is 2.67 bits per heavy atom. The molecule has 0 radical (unpaired) electrons. The molecule has 0 aliphatic heterocycles. The van der Waals surface area contributed by atoms with Crippen LogP contribution in [0.4, 0.5) is 0 Å². The van der Waals surface area contributed by atoms with Crippen molar-refractivity contribution in [3.63, 3.8) is 0 Å². The first-order valence-corrected chi connectivity index (χ1v) is 6.69. The number of aromatic nitrogens is 1. The molecular formula is C16H20N4O. The molecule has 1 aromatic heterocycles. The van der Waals surface area contributed by atoms with Crippen molar-refractivity contribution in [1.82, 2.24) is 9.88 Å². The second kappa shape index (κ2) is 6.85. The third kappa shape index (κ3) is 4.03. The van der Waals surface area contributed by atoms with Crippen molar-refractivity contribution < 1.29 is 4.74 Å². The van der Waals surface area contributed by atoms with Gasteiger partial charge in [-0.2, -0.15) is 0 Å². The Kier molecular flexibility index (Phi) is 4.90. The third-order valence-electron chi connectivity index (χ3n) is 3.18. The Morgan fingerprint density at radius 2 is 2.05 bits per heavy atom. The molecule has 5 nitrogen and oxygen atoms in total. The van der Waals surface area contributed by atoms with E-state index in [0.717, 1.165) is 18.7 Å². The highest BCUT2D eigenvalue weighted by Crippen LogP contribution is 2.20. The molecule has 2 aromatic rings. The Balaban J connectivity index is 2.09. The van der Waals surface area contributed by atoms with Crippen molar-refractivity contribution in [3.8, 4) is 5.75 Å². The number of rotatable bonds is 6. The number of benzene rings is 1. The maximum Gasteiger partial charge on any atom is 0.129 e. The number of ether oxygens (including phenoxy) is 1. The maximum atomic E-state index is 7.61. The van der Waals surface area contributed by atoms with Crippen LogP contribution in [-0.2, 0) is 13.1 Å². The van der Waals surface area contributed by atoms with Crippen LogP contribution in [0.1, 0.15) is 16.7 Å². The standard InChI is InChI=1S/C16H20N4O/c1-20(11-13-4-3-7-19-9-13)10-12-5-6-15(21-2)14(8-12)16(17)18/h3-9H,10-11H2,1-2H3,(H3,17,18). The van der Waals surface area contributed by atoms with Crippen LogP contribution in [0, 0.1) is 5.41 Å². The van der Waals surface area contributed by atoms with Gasteiger partial charge in [-0.05, 0) is 36.4 Å². The van der Waals surface area contributed by atoms with Gasteiger partial charge in [0.05, 0.1) is 12.7 Å². The molecular weight excluding hydrogens is 264 g/mol. The third-order valence-corrected chi connectivity index (χ3v) is 3.18. The lowest BCUT2D eigenvalue weighted by Gasteiger charge is -2.17. The fourth-order valence-corrected chi connectivity index (χ4v) is 2.23. The molecule has 0 unspecified atom stereocenters. The molecule has 0 saturated carbocycles. The van der Waals surface area contributed by atoms with E-state index >= 15 is 0 Å². The molecule has 0 saturated heterocycles. The molecule has 0 atom stereocenters. The first kappa shape index (κ1) is 15.0. The van der Waals surface area contributed by atoms with Gasteiger partial charge in [-0.15, -0.1) is 0 Å². The van der Waals surface area contributed by atoms with Crippen LogP contribution >= 0.6 is 0 Å². The zero-order valence-electron chi connectivity index (χ0n) is 12.3. The van der Waals surface area contributed by atoms with E-state index in [4.69, 9.17) is 15.9 Å². The average molecular weight is 284 g/mol. The summed E-state index contributed by atoms with van der Waals surface area (Å²) in [4.78, 5) is 6.30. The van der Waals surface area contributed by atoms with Gasteiger partial charge in [0.2, 0.25) is 0 Å². The second-order valence-electron chi connectivity index (χ2n) is 4.98. The van der Waals surface area contributed by atoms with Gasteiger partial charge in [-0.25, -0.2) is 0 Å². The number of nitrogen functional groups attached to an aromatic ring is 1. The summed E-state index contributed by atoms with van der Waals surface area (Å²) < 4.78 is 5.22. The molecule has 0 aliphatic rings. The van der Waals surface area contributed by atoms with Crippen LogP contribution in [-0.4, -0.2) is 29.9 Å². The zero-order chi connectivity index (χ0) is 15.2.